The van der Waals surface area contributed by atoms with E-state index in [0.717, 1.165) is 17.5 Å². The monoisotopic (exact) mass is 271 g/mol. The first kappa shape index (κ1) is 13.1. The number of hydrogen-bond acceptors (Lipinski definition) is 2. The molecule has 104 valence electrons. The summed E-state index contributed by atoms with van der Waals surface area (Å²) in [5.41, 5.74) is 3.37. The molecular weight excluding hydrogens is 253 g/mol. The number of fused-ring (bicyclic) bond motifs is 1. The summed E-state index contributed by atoms with van der Waals surface area (Å²) < 4.78 is 19.4. The average molecular weight is 271 g/mol. The summed E-state index contributed by atoms with van der Waals surface area (Å²) in [5.74, 6) is 0.380. The van der Waals surface area contributed by atoms with Gasteiger partial charge in [-0.05, 0) is 25.6 Å². The van der Waals surface area contributed by atoms with Gasteiger partial charge in [-0.3, -0.25) is 0 Å². The quantitative estimate of drug-likeness (QED) is 0.894. The summed E-state index contributed by atoms with van der Waals surface area (Å²) in [6.07, 6.45) is 0.806. The van der Waals surface area contributed by atoms with E-state index in [1.54, 1.807) is 6.07 Å². The summed E-state index contributed by atoms with van der Waals surface area (Å²) in [4.78, 5) is 0. The molecule has 0 spiro atoms. The Morgan fingerprint density at radius 1 is 1.20 bits per heavy atom. The minimum Gasteiger partial charge on any atom is -0.485 e. The lowest BCUT2D eigenvalue weighted by Gasteiger charge is -2.32. The van der Waals surface area contributed by atoms with Gasteiger partial charge in [-0.15, -0.1) is 0 Å². The maximum absolute atomic E-state index is 13.4. The van der Waals surface area contributed by atoms with Crippen LogP contribution < -0.4 is 10.1 Å². The van der Waals surface area contributed by atoms with Gasteiger partial charge in [-0.25, -0.2) is 4.39 Å². The largest absolute Gasteiger partial charge is 0.485 e. The third-order valence-electron chi connectivity index (χ3n) is 3.83. The standard InChI is InChI=1S/C17H18FNO/c1-11-4-3-5-12(8-11)16-10-15(19-2)14-7-6-13(18)9-17(14)20-16/h3-9,15-16,19H,10H2,1-2H3. The van der Waals surface area contributed by atoms with E-state index in [1.807, 2.05) is 13.1 Å². The van der Waals surface area contributed by atoms with Gasteiger partial charge in [-0.2, -0.15) is 0 Å². The van der Waals surface area contributed by atoms with Crippen molar-refractivity contribution in [3.05, 3.63) is 65.0 Å². The molecule has 2 aromatic carbocycles. The number of rotatable bonds is 2. The van der Waals surface area contributed by atoms with Crippen LogP contribution in [0.2, 0.25) is 0 Å². The Bertz CT molecular complexity index is 626. The molecule has 0 amide bonds. The molecule has 0 radical (unpaired) electrons. The highest BCUT2D eigenvalue weighted by Gasteiger charge is 2.28. The minimum absolute atomic E-state index is 0.0401. The molecule has 0 bridgehead atoms. The molecule has 3 heteroatoms. The van der Waals surface area contributed by atoms with Crippen molar-refractivity contribution >= 4 is 0 Å². The second kappa shape index (κ2) is 5.25. The predicted octanol–water partition coefficient (Wildman–Crippen LogP) is 3.92. The van der Waals surface area contributed by atoms with Gasteiger partial charge in [0.2, 0.25) is 0 Å². The molecule has 0 aliphatic carbocycles. The fourth-order valence-electron chi connectivity index (χ4n) is 2.79. The van der Waals surface area contributed by atoms with E-state index in [4.69, 9.17) is 4.74 Å². The van der Waals surface area contributed by atoms with E-state index in [1.165, 1.54) is 17.7 Å². The van der Waals surface area contributed by atoms with Crippen molar-refractivity contribution in [2.45, 2.75) is 25.5 Å². The van der Waals surface area contributed by atoms with Gasteiger partial charge in [0.15, 0.2) is 0 Å². The molecule has 0 aromatic heterocycles. The SMILES string of the molecule is CNC1CC(c2cccc(C)c2)Oc2cc(F)ccc21. The number of halogens is 1. The van der Waals surface area contributed by atoms with Crippen molar-refractivity contribution < 1.29 is 9.13 Å². The van der Waals surface area contributed by atoms with Crippen LogP contribution in [-0.2, 0) is 0 Å². The van der Waals surface area contributed by atoms with Crippen molar-refractivity contribution in [1.82, 2.24) is 5.32 Å². The molecule has 2 aromatic rings. The lowest BCUT2D eigenvalue weighted by Crippen LogP contribution is -2.26. The van der Waals surface area contributed by atoms with Crippen LogP contribution in [-0.4, -0.2) is 7.05 Å². The summed E-state index contributed by atoms with van der Waals surface area (Å²) >= 11 is 0. The molecule has 0 saturated heterocycles. The summed E-state index contributed by atoms with van der Waals surface area (Å²) in [5, 5.41) is 3.29. The lowest BCUT2D eigenvalue weighted by molar-refractivity contribution is 0.153. The third-order valence-corrected chi connectivity index (χ3v) is 3.83. The number of benzene rings is 2. The Labute approximate surface area is 118 Å². The lowest BCUT2D eigenvalue weighted by atomic mass is 9.92. The van der Waals surface area contributed by atoms with Crippen molar-refractivity contribution in [1.29, 1.82) is 0 Å². The average Bonchev–Trinajstić information content (AvgIpc) is 2.45. The van der Waals surface area contributed by atoms with Crippen LogP contribution in [0.3, 0.4) is 0 Å². The minimum atomic E-state index is -0.261. The van der Waals surface area contributed by atoms with Crippen LogP contribution in [0.4, 0.5) is 4.39 Å². The molecule has 1 N–H and O–H groups in total. The normalized spacial score (nSPS) is 21.1. The topological polar surface area (TPSA) is 21.3 Å². The molecule has 1 aliphatic heterocycles. The highest BCUT2D eigenvalue weighted by atomic mass is 19.1. The van der Waals surface area contributed by atoms with E-state index in [-0.39, 0.29) is 18.0 Å². The van der Waals surface area contributed by atoms with Crippen LogP contribution in [0.25, 0.3) is 0 Å². The highest BCUT2D eigenvalue weighted by Crippen LogP contribution is 2.40. The van der Waals surface area contributed by atoms with Crippen molar-refractivity contribution in [2.24, 2.45) is 0 Å². The third kappa shape index (κ3) is 2.41. The number of aryl methyl sites for hydroxylation is 1. The molecular formula is C17H18FNO. The summed E-state index contributed by atoms with van der Waals surface area (Å²) in [6, 6.07) is 13.2. The van der Waals surface area contributed by atoms with Gasteiger partial charge in [0.05, 0.1) is 0 Å². The van der Waals surface area contributed by atoms with E-state index in [0.29, 0.717) is 5.75 Å². The van der Waals surface area contributed by atoms with Gasteiger partial charge in [0.25, 0.3) is 0 Å². The zero-order valence-electron chi connectivity index (χ0n) is 11.7. The van der Waals surface area contributed by atoms with Crippen LogP contribution in [0.1, 0.15) is 35.3 Å². The second-order valence-corrected chi connectivity index (χ2v) is 5.28. The highest BCUT2D eigenvalue weighted by molar-refractivity contribution is 5.40. The van der Waals surface area contributed by atoms with E-state index in [2.05, 4.69) is 30.4 Å². The van der Waals surface area contributed by atoms with Gasteiger partial charge in [0.1, 0.15) is 17.7 Å². The molecule has 20 heavy (non-hydrogen) atoms. The summed E-state index contributed by atoms with van der Waals surface area (Å²) in [7, 11) is 1.93. The predicted molar refractivity (Wildman–Crippen MR) is 77.4 cm³/mol. The molecule has 3 rings (SSSR count). The van der Waals surface area contributed by atoms with Crippen LogP contribution in [0.5, 0.6) is 5.75 Å². The molecule has 0 fully saturated rings. The Morgan fingerprint density at radius 2 is 2.05 bits per heavy atom. The van der Waals surface area contributed by atoms with E-state index >= 15 is 0 Å². The zero-order chi connectivity index (χ0) is 14.1. The smallest absolute Gasteiger partial charge is 0.127 e. The molecule has 2 atom stereocenters. The van der Waals surface area contributed by atoms with Crippen LogP contribution in [0.15, 0.2) is 42.5 Å². The Hall–Kier alpha value is -1.87. The molecule has 0 saturated carbocycles. The number of ether oxygens (including phenoxy) is 1. The number of hydrogen-bond donors (Lipinski definition) is 1. The molecule has 1 heterocycles. The first-order valence-electron chi connectivity index (χ1n) is 6.87. The van der Waals surface area contributed by atoms with Gasteiger partial charge < -0.3 is 10.1 Å². The molecule has 2 nitrogen and oxygen atoms in total. The molecule has 1 aliphatic rings. The Morgan fingerprint density at radius 3 is 2.80 bits per heavy atom. The van der Waals surface area contributed by atoms with Gasteiger partial charge >= 0.3 is 0 Å². The van der Waals surface area contributed by atoms with Gasteiger partial charge in [0, 0.05) is 24.1 Å². The first-order chi connectivity index (χ1) is 9.67. The van der Waals surface area contributed by atoms with Gasteiger partial charge in [-0.1, -0.05) is 35.9 Å². The maximum atomic E-state index is 13.4. The Balaban J connectivity index is 1.97. The van der Waals surface area contributed by atoms with Crippen LogP contribution in [0, 0.1) is 12.7 Å². The van der Waals surface area contributed by atoms with E-state index in [9.17, 15) is 4.39 Å². The van der Waals surface area contributed by atoms with Crippen LogP contribution >= 0.6 is 0 Å². The van der Waals surface area contributed by atoms with Crippen molar-refractivity contribution in [2.75, 3.05) is 7.05 Å². The molecule has 2 unspecified atom stereocenters. The number of nitrogens with one attached hydrogen (secondary N) is 1. The second-order valence-electron chi connectivity index (χ2n) is 5.28. The maximum Gasteiger partial charge on any atom is 0.127 e. The fourth-order valence-corrected chi connectivity index (χ4v) is 2.79. The van der Waals surface area contributed by atoms with E-state index < -0.39 is 0 Å². The Kier molecular flexibility index (Phi) is 3.45. The van der Waals surface area contributed by atoms with Crippen molar-refractivity contribution in [3.8, 4) is 5.75 Å². The summed E-state index contributed by atoms with van der Waals surface area (Å²) in [6.45, 7) is 2.06. The zero-order valence-corrected chi connectivity index (χ0v) is 11.7. The first-order valence-corrected chi connectivity index (χ1v) is 6.87. The van der Waals surface area contributed by atoms with Crippen molar-refractivity contribution in [3.63, 3.8) is 0 Å². The fraction of sp³-hybridized carbons (Fsp3) is 0.294.